The Balaban J connectivity index is 2.06. The molecule has 0 saturated carbocycles. The van der Waals surface area contributed by atoms with Gasteiger partial charge >= 0.3 is 6.09 Å². The van der Waals surface area contributed by atoms with Crippen molar-refractivity contribution >= 4 is 12.0 Å². The molecule has 4 nitrogen and oxygen atoms in total. The first-order valence-corrected chi connectivity index (χ1v) is 7.06. The molecule has 0 N–H and O–H groups in total. The fraction of sp³-hybridized carbons (Fsp3) is 0.500. The SMILES string of the molecule is CC(C)Cc1ccc([C@@H](C)C(=O)N2CCOC2=O)cc1. The number of hydrogen-bond acceptors (Lipinski definition) is 3. The summed E-state index contributed by atoms with van der Waals surface area (Å²) < 4.78 is 4.80. The van der Waals surface area contributed by atoms with Gasteiger partial charge in [0.05, 0.1) is 12.5 Å². The van der Waals surface area contributed by atoms with Crippen LogP contribution in [0.1, 0.15) is 37.8 Å². The average molecular weight is 275 g/mol. The van der Waals surface area contributed by atoms with Crippen LogP contribution in [-0.4, -0.2) is 30.1 Å². The molecule has 1 aromatic rings. The molecule has 0 aliphatic carbocycles. The molecule has 4 heteroatoms. The molecular formula is C16H21NO3. The zero-order valence-corrected chi connectivity index (χ0v) is 12.3. The van der Waals surface area contributed by atoms with Crippen LogP contribution in [0.2, 0.25) is 0 Å². The summed E-state index contributed by atoms with van der Waals surface area (Å²) in [5.41, 5.74) is 2.20. The van der Waals surface area contributed by atoms with Crippen LogP contribution in [0.5, 0.6) is 0 Å². The van der Waals surface area contributed by atoms with Gasteiger partial charge in [0.1, 0.15) is 6.61 Å². The van der Waals surface area contributed by atoms with E-state index in [4.69, 9.17) is 4.74 Å². The van der Waals surface area contributed by atoms with E-state index >= 15 is 0 Å². The molecule has 1 aromatic carbocycles. The van der Waals surface area contributed by atoms with Crippen molar-refractivity contribution < 1.29 is 14.3 Å². The van der Waals surface area contributed by atoms with Gasteiger partial charge in [-0.05, 0) is 30.4 Å². The van der Waals surface area contributed by atoms with Gasteiger partial charge in [-0.3, -0.25) is 4.79 Å². The fourth-order valence-corrected chi connectivity index (χ4v) is 2.38. The summed E-state index contributed by atoms with van der Waals surface area (Å²) in [5, 5.41) is 0. The third-order valence-electron chi connectivity index (χ3n) is 3.52. The first-order valence-electron chi connectivity index (χ1n) is 7.06. The van der Waals surface area contributed by atoms with Crippen molar-refractivity contribution in [1.29, 1.82) is 0 Å². The second-order valence-electron chi connectivity index (χ2n) is 5.67. The van der Waals surface area contributed by atoms with Crippen molar-refractivity contribution in [2.24, 2.45) is 5.92 Å². The molecule has 1 aliphatic heterocycles. The largest absolute Gasteiger partial charge is 0.447 e. The lowest BCUT2D eigenvalue weighted by atomic mass is 9.96. The van der Waals surface area contributed by atoms with E-state index in [9.17, 15) is 9.59 Å². The minimum atomic E-state index is -0.529. The van der Waals surface area contributed by atoms with Gasteiger partial charge in [-0.15, -0.1) is 0 Å². The third kappa shape index (κ3) is 3.18. The minimum absolute atomic E-state index is 0.191. The van der Waals surface area contributed by atoms with Gasteiger partial charge in [-0.25, -0.2) is 9.69 Å². The smallest absolute Gasteiger partial charge is 0.416 e. The molecule has 108 valence electrons. The van der Waals surface area contributed by atoms with Crippen LogP contribution < -0.4 is 0 Å². The van der Waals surface area contributed by atoms with Gasteiger partial charge in [0, 0.05) is 0 Å². The number of carbonyl (C=O) groups excluding carboxylic acids is 2. The van der Waals surface area contributed by atoms with Crippen LogP contribution in [0.25, 0.3) is 0 Å². The molecule has 0 radical (unpaired) electrons. The molecule has 1 saturated heterocycles. The number of nitrogens with zero attached hydrogens (tertiary/aromatic N) is 1. The summed E-state index contributed by atoms with van der Waals surface area (Å²) in [6.07, 6.45) is 0.499. The number of benzene rings is 1. The standard InChI is InChI=1S/C16H21NO3/c1-11(2)10-13-4-6-14(7-5-13)12(3)15(18)17-8-9-20-16(17)19/h4-7,11-12H,8-10H2,1-3H3/t12-/m1/s1. The van der Waals surface area contributed by atoms with Crippen LogP contribution in [0.3, 0.4) is 0 Å². The lowest BCUT2D eigenvalue weighted by Gasteiger charge is -2.17. The molecule has 0 bridgehead atoms. The Kier molecular flexibility index (Phi) is 4.42. The van der Waals surface area contributed by atoms with E-state index in [1.807, 2.05) is 19.1 Å². The lowest BCUT2D eigenvalue weighted by Crippen LogP contribution is -2.34. The Hall–Kier alpha value is -1.84. The van der Waals surface area contributed by atoms with Crippen molar-refractivity contribution in [2.45, 2.75) is 33.1 Å². The number of amides is 2. The third-order valence-corrected chi connectivity index (χ3v) is 3.52. The molecule has 0 unspecified atom stereocenters. The number of carbonyl (C=O) groups is 2. The van der Waals surface area contributed by atoms with Crippen molar-refractivity contribution in [3.63, 3.8) is 0 Å². The Morgan fingerprint density at radius 3 is 2.40 bits per heavy atom. The first-order chi connectivity index (χ1) is 9.49. The highest BCUT2D eigenvalue weighted by Crippen LogP contribution is 2.21. The number of ether oxygens (including phenoxy) is 1. The van der Waals surface area contributed by atoms with Crippen LogP contribution in [0.4, 0.5) is 4.79 Å². The maximum absolute atomic E-state index is 12.2. The normalized spacial score (nSPS) is 16.4. The van der Waals surface area contributed by atoms with Gasteiger partial charge in [0.2, 0.25) is 5.91 Å². The highest BCUT2D eigenvalue weighted by atomic mass is 16.6. The Labute approximate surface area is 119 Å². The summed E-state index contributed by atoms with van der Waals surface area (Å²) in [4.78, 5) is 24.8. The predicted molar refractivity (Wildman–Crippen MR) is 76.5 cm³/mol. The number of imide groups is 1. The van der Waals surface area contributed by atoms with Gasteiger partial charge in [-0.1, -0.05) is 38.1 Å². The monoisotopic (exact) mass is 275 g/mol. The van der Waals surface area contributed by atoms with Gasteiger partial charge in [0.25, 0.3) is 0 Å². The van der Waals surface area contributed by atoms with E-state index in [2.05, 4.69) is 26.0 Å². The van der Waals surface area contributed by atoms with E-state index in [0.29, 0.717) is 19.1 Å². The summed E-state index contributed by atoms with van der Waals surface area (Å²) in [6.45, 7) is 6.83. The minimum Gasteiger partial charge on any atom is -0.447 e. The molecule has 0 aromatic heterocycles. The van der Waals surface area contributed by atoms with E-state index in [1.54, 1.807) is 0 Å². The summed E-state index contributed by atoms with van der Waals surface area (Å²) in [6, 6.07) is 8.06. The predicted octanol–water partition coefficient (Wildman–Crippen LogP) is 2.97. The van der Waals surface area contributed by atoms with Gasteiger partial charge < -0.3 is 4.74 Å². The van der Waals surface area contributed by atoms with Gasteiger partial charge in [-0.2, -0.15) is 0 Å². The van der Waals surface area contributed by atoms with Crippen LogP contribution in [0, 0.1) is 5.92 Å². The fourth-order valence-electron chi connectivity index (χ4n) is 2.38. The highest BCUT2D eigenvalue weighted by molar-refractivity contribution is 5.96. The summed E-state index contributed by atoms with van der Waals surface area (Å²) >= 11 is 0. The van der Waals surface area contributed by atoms with Gasteiger partial charge in [0.15, 0.2) is 0 Å². The molecular weight excluding hydrogens is 254 g/mol. The topological polar surface area (TPSA) is 46.6 Å². The van der Waals surface area contributed by atoms with Crippen LogP contribution in [-0.2, 0) is 16.0 Å². The van der Waals surface area contributed by atoms with Crippen molar-refractivity contribution in [2.75, 3.05) is 13.2 Å². The van der Waals surface area contributed by atoms with Crippen LogP contribution >= 0.6 is 0 Å². The molecule has 20 heavy (non-hydrogen) atoms. The molecule has 2 amide bonds. The van der Waals surface area contributed by atoms with E-state index in [1.165, 1.54) is 10.5 Å². The van der Waals surface area contributed by atoms with Crippen molar-refractivity contribution in [3.8, 4) is 0 Å². The lowest BCUT2D eigenvalue weighted by molar-refractivity contribution is -0.128. The molecule has 1 fully saturated rings. The molecule has 0 spiro atoms. The zero-order valence-electron chi connectivity index (χ0n) is 12.3. The maximum atomic E-state index is 12.2. The Morgan fingerprint density at radius 2 is 1.90 bits per heavy atom. The first kappa shape index (κ1) is 14.6. The van der Waals surface area contributed by atoms with E-state index in [-0.39, 0.29) is 11.8 Å². The molecule has 1 aliphatic rings. The number of rotatable bonds is 4. The molecule has 1 heterocycles. The number of hydrogen-bond donors (Lipinski definition) is 0. The highest BCUT2D eigenvalue weighted by Gasteiger charge is 2.31. The summed E-state index contributed by atoms with van der Waals surface area (Å²) in [5.74, 6) is 0.0946. The van der Waals surface area contributed by atoms with E-state index < -0.39 is 6.09 Å². The number of cyclic esters (lactones) is 1. The Bertz CT molecular complexity index is 493. The molecule has 2 rings (SSSR count). The van der Waals surface area contributed by atoms with Crippen LogP contribution in [0.15, 0.2) is 24.3 Å². The second-order valence-corrected chi connectivity index (χ2v) is 5.67. The van der Waals surface area contributed by atoms with Crippen molar-refractivity contribution in [1.82, 2.24) is 4.90 Å². The maximum Gasteiger partial charge on any atom is 0.416 e. The second kappa shape index (κ2) is 6.07. The Morgan fingerprint density at radius 1 is 1.25 bits per heavy atom. The summed E-state index contributed by atoms with van der Waals surface area (Å²) in [7, 11) is 0. The zero-order chi connectivity index (χ0) is 14.7. The van der Waals surface area contributed by atoms with Crippen molar-refractivity contribution in [3.05, 3.63) is 35.4 Å². The van der Waals surface area contributed by atoms with E-state index in [0.717, 1.165) is 12.0 Å². The average Bonchev–Trinajstić information content (AvgIpc) is 2.83. The molecule has 1 atom stereocenters. The quantitative estimate of drug-likeness (QED) is 0.848.